The topological polar surface area (TPSA) is 49.3 Å². The highest BCUT2D eigenvalue weighted by molar-refractivity contribution is 5.90. The molecule has 2 aromatic carbocycles. The van der Waals surface area contributed by atoms with Crippen LogP contribution in [0.4, 0.5) is 0 Å². The molecule has 0 unspecified atom stereocenters. The summed E-state index contributed by atoms with van der Waals surface area (Å²) in [6, 6.07) is 18.2. The first-order valence-electron chi connectivity index (χ1n) is 9.03. The second kappa shape index (κ2) is 7.44. The van der Waals surface area contributed by atoms with Gasteiger partial charge < -0.3 is 14.9 Å². The summed E-state index contributed by atoms with van der Waals surface area (Å²) in [6.07, 6.45) is 3.16. The maximum absolute atomic E-state index is 13.0. The fraction of sp³-hybridized carbons (Fsp3) is 0.318. The summed E-state index contributed by atoms with van der Waals surface area (Å²) < 4.78 is 0.968. The van der Waals surface area contributed by atoms with Gasteiger partial charge in [0.05, 0.1) is 27.2 Å². The van der Waals surface area contributed by atoms with Crippen molar-refractivity contribution in [2.24, 2.45) is 0 Å². The molecule has 0 fully saturated rings. The standard InChI is InChI=1S/C22H26N2O2/c1-24(2)15-13-18(14-16-24)17-23-21(25)22(26,19-9-5-3-6-10-19)20-11-7-4-8-12-20/h3-13,26H,14-17H2,1-2H3/p+1. The van der Waals surface area contributed by atoms with Crippen molar-refractivity contribution in [1.29, 1.82) is 0 Å². The van der Waals surface area contributed by atoms with E-state index in [1.165, 1.54) is 5.57 Å². The third kappa shape index (κ3) is 3.87. The number of nitrogens with one attached hydrogen (secondary N) is 1. The van der Waals surface area contributed by atoms with E-state index in [9.17, 15) is 9.90 Å². The molecule has 0 radical (unpaired) electrons. The monoisotopic (exact) mass is 351 g/mol. The number of quaternary nitrogens is 1. The van der Waals surface area contributed by atoms with Gasteiger partial charge in [-0.25, -0.2) is 0 Å². The number of carbonyl (C=O) groups is 1. The van der Waals surface area contributed by atoms with Crippen molar-refractivity contribution < 1.29 is 14.4 Å². The van der Waals surface area contributed by atoms with Crippen molar-refractivity contribution in [2.75, 3.05) is 33.7 Å². The highest BCUT2D eigenvalue weighted by Gasteiger charge is 2.39. The quantitative estimate of drug-likeness (QED) is 0.642. The minimum Gasteiger partial charge on any atom is -0.372 e. The number of benzene rings is 2. The molecule has 136 valence electrons. The first kappa shape index (κ1) is 18.4. The summed E-state index contributed by atoms with van der Waals surface area (Å²) in [5, 5.41) is 14.4. The molecule has 0 saturated carbocycles. The lowest BCUT2D eigenvalue weighted by Gasteiger charge is -2.33. The van der Waals surface area contributed by atoms with E-state index in [-0.39, 0.29) is 0 Å². The van der Waals surface area contributed by atoms with Crippen molar-refractivity contribution in [2.45, 2.75) is 12.0 Å². The van der Waals surface area contributed by atoms with Gasteiger partial charge in [-0.2, -0.15) is 0 Å². The number of nitrogens with zero attached hydrogens (tertiary/aromatic N) is 1. The second-order valence-electron chi connectivity index (χ2n) is 7.58. The summed E-state index contributed by atoms with van der Waals surface area (Å²) in [4.78, 5) is 13.0. The molecule has 0 aliphatic carbocycles. The Labute approximate surface area is 155 Å². The molecule has 0 spiro atoms. The van der Waals surface area contributed by atoms with Gasteiger partial charge in [-0.15, -0.1) is 0 Å². The zero-order chi connectivity index (χ0) is 18.6. The SMILES string of the molecule is C[N+]1(C)CC=C(CNC(=O)C(O)(c2ccccc2)c2ccccc2)CC1. The Morgan fingerprint density at radius 3 is 2.04 bits per heavy atom. The summed E-state index contributed by atoms with van der Waals surface area (Å²) in [5.41, 5.74) is 0.658. The number of rotatable bonds is 5. The maximum Gasteiger partial charge on any atom is 0.261 e. The molecule has 1 heterocycles. The lowest BCUT2D eigenvalue weighted by Crippen LogP contribution is -2.47. The van der Waals surface area contributed by atoms with E-state index in [2.05, 4.69) is 25.5 Å². The molecule has 0 saturated heterocycles. The number of carbonyl (C=O) groups excluding carboxylic acids is 1. The Balaban J connectivity index is 1.82. The minimum atomic E-state index is -1.70. The molecule has 4 nitrogen and oxygen atoms in total. The molecule has 2 N–H and O–H groups in total. The van der Waals surface area contributed by atoms with E-state index in [0.29, 0.717) is 17.7 Å². The van der Waals surface area contributed by atoms with Crippen molar-refractivity contribution in [3.63, 3.8) is 0 Å². The summed E-state index contributed by atoms with van der Waals surface area (Å²) in [5.74, 6) is -0.393. The molecule has 26 heavy (non-hydrogen) atoms. The molecule has 0 aromatic heterocycles. The van der Waals surface area contributed by atoms with Crippen molar-refractivity contribution in [3.05, 3.63) is 83.4 Å². The van der Waals surface area contributed by atoms with Gasteiger partial charge in [-0.1, -0.05) is 60.7 Å². The predicted octanol–water partition coefficient (Wildman–Crippen LogP) is 2.45. The van der Waals surface area contributed by atoms with Crippen LogP contribution >= 0.6 is 0 Å². The van der Waals surface area contributed by atoms with Gasteiger partial charge in [0.15, 0.2) is 5.60 Å². The number of amides is 1. The van der Waals surface area contributed by atoms with Crippen molar-refractivity contribution in [3.8, 4) is 0 Å². The molecule has 3 rings (SSSR count). The van der Waals surface area contributed by atoms with E-state index in [4.69, 9.17) is 0 Å². The van der Waals surface area contributed by atoms with Crippen LogP contribution in [0.5, 0.6) is 0 Å². The van der Waals surface area contributed by atoms with Crippen LogP contribution in [0.3, 0.4) is 0 Å². The fourth-order valence-corrected chi connectivity index (χ4v) is 3.29. The average Bonchev–Trinajstić information content (AvgIpc) is 2.67. The summed E-state index contributed by atoms with van der Waals surface area (Å²) in [6.45, 7) is 2.50. The Bertz CT molecular complexity index is 743. The van der Waals surface area contributed by atoms with E-state index >= 15 is 0 Å². The first-order valence-corrected chi connectivity index (χ1v) is 9.03. The average molecular weight is 351 g/mol. The van der Waals surface area contributed by atoms with E-state index in [1.54, 1.807) is 24.3 Å². The second-order valence-corrected chi connectivity index (χ2v) is 7.58. The number of likely N-dealkylation sites (N-methyl/N-ethyl adjacent to an activating group) is 1. The molecule has 0 atom stereocenters. The van der Waals surface area contributed by atoms with Crippen LogP contribution in [-0.2, 0) is 10.4 Å². The number of hydrogen-bond acceptors (Lipinski definition) is 2. The zero-order valence-corrected chi connectivity index (χ0v) is 15.5. The number of aliphatic hydroxyl groups is 1. The van der Waals surface area contributed by atoms with E-state index < -0.39 is 11.5 Å². The number of hydrogen-bond donors (Lipinski definition) is 2. The maximum atomic E-state index is 13.0. The van der Waals surface area contributed by atoms with Crippen LogP contribution in [0.25, 0.3) is 0 Å². The van der Waals surface area contributed by atoms with Crippen LogP contribution < -0.4 is 5.32 Å². The van der Waals surface area contributed by atoms with Gasteiger partial charge in [0.2, 0.25) is 0 Å². The van der Waals surface area contributed by atoms with E-state index in [0.717, 1.165) is 24.0 Å². The third-order valence-corrected chi connectivity index (χ3v) is 5.10. The Kier molecular flexibility index (Phi) is 5.25. The summed E-state index contributed by atoms with van der Waals surface area (Å²) >= 11 is 0. The van der Waals surface area contributed by atoms with E-state index in [1.807, 2.05) is 36.4 Å². The zero-order valence-electron chi connectivity index (χ0n) is 15.5. The van der Waals surface area contributed by atoms with Crippen LogP contribution in [-0.4, -0.2) is 49.2 Å². The first-order chi connectivity index (χ1) is 12.4. The van der Waals surface area contributed by atoms with Crippen LogP contribution in [0, 0.1) is 0 Å². The Morgan fingerprint density at radius 2 is 1.58 bits per heavy atom. The third-order valence-electron chi connectivity index (χ3n) is 5.10. The van der Waals surface area contributed by atoms with Crippen LogP contribution in [0.2, 0.25) is 0 Å². The van der Waals surface area contributed by atoms with Crippen molar-refractivity contribution >= 4 is 5.91 Å². The highest BCUT2D eigenvalue weighted by Crippen LogP contribution is 2.30. The molecule has 2 aromatic rings. The van der Waals surface area contributed by atoms with Gasteiger partial charge in [-0.05, 0) is 22.8 Å². The molecule has 1 aliphatic heterocycles. The molecule has 1 aliphatic rings. The lowest BCUT2D eigenvalue weighted by atomic mass is 9.85. The van der Waals surface area contributed by atoms with Gasteiger partial charge in [0, 0.05) is 13.0 Å². The lowest BCUT2D eigenvalue weighted by molar-refractivity contribution is -0.885. The van der Waals surface area contributed by atoms with Crippen LogP contribution in [0.15, 0.2) is 72.3 Å². The molecule has 1 amide bonds. The predicted molar refractivity (Wildman–Crippen MR) is 103 cm³/mol. The van der Waals surface area contributed by atoms with Gasteiger partial charge in [0.1, 0.15) is 0 Å². The molecule has 0 bridgehead atoms. The summed E-state index contributed by atoms with van der Waals surface area (Å²) in [7, 11) is 4.41. The highest BCUT2D eigenvalue weighted by atomic mass is 16.3. The fourth-order valence-electron chi connectivity index (χ4n) is 3.29. The van der Waals surface area contributed by atoms with Gasteiger partial charge in [-0.3, -0.25) is 4.79 Å². The van der Waals surface area contributed by atoms with Gasteiger partial charge >= 0.3 is 0 Å². The van der Waals surface area contributed by atoms with Crippen molar-refractivity contribution in [1.82, 2.24) is 5.32 Å². The smallest absolute Gasteiger partial charge is 0.261 e. The molecular weight excluding hydrogens is 324 g/mol. The Hall–Kier alpha value is -2.43. The largest absolute Gasteiger partial charge is 0.372 e. The van der Waals surface area contributed by atoms with Crippen LogP contribution in [0.1, 0.15) is 17.5 Å². The normalized spacial score (nSPS) is 16.7. The molecular formula is C22H27N2O2+. The van der Waals surface area contributed by atoms with Gasteiger partial charge in [0.25, 0.3) is 5.91 Å². The Morgan fingerprint density at radius 1 is 1.04 bits per heavy atom. The molecule has 4 heteroatoms. The minimum absolute atomic E-state index is 0.393.